The van der Waals surface area contributed by atoms with Crippen LogP contribution in [-0.2, 0) is 11.2 Å². The molecule has 1 aromatic heterocycles. The molecule has 0 aromatic carbocycles. The van der Waals surface area contributed by atoms with E-state index in [-0.39, 0.29) is 17.4 Å². The smallest absolute Gasteiger partial charge is 0.220 e. The molecule has 0 radical (unpaired) electrons. The molecule has 1 amide bonds. The van der Waals surface area contributed by atoms with Crippen molar-refractivity contribution in [2.45, 2.75) is 65.8 Å². The van der Waals surface area contributed by atoms with Crippen molar-refractivity contribution in [1.82, 2.24) is 5.32 Å². The average Bonchev–Trinajstić information content (AvgIpc) is 2.65. The summed E-state index contributed by atoms with van der Waals surface area (Å²) in [4.78, 5) is 12.0. The van der Waals surface area contributed by atoms with Gasteiger partial charge in [0.1, 0.15) is 11.5 Å². The topological polar surface area (TPSA) is 42.2 Å². The number of amides is 1. The molecule has 0 spiro atoms. The fourth-order valence-electron chi connectivity index (χ4n) is 2.92. The summed E-state index contributed by atoms with van der Waals surface area (Å²) in [5.74, 6) is 2.15. The van der Waals surface area contributed by atoms with Crippen molar-refractivity contribution in [2.75, 3.05) is 0 Å². The lowest BCUT2D eigenvalue weighted by Crippen LogP contribution is -2.35. The number of aryl methyl sites for hydroxylation is 1. The number of furan rings is 1. The van der Waals surface area contributed by atoms with Gasteiger partial charge in [-0.3, -0.25) is 4.79 Å². The molecule has 1 atom stereocenters. The van der Waals surface area contributed by atoms with Gasteiger partial charge in [-0.25, -0.2) is 0 Å². The standard InChI is InChI=1S/C16H25NO2/c1-5-6-7-15(18)17-13-9-16(3,4)10-14-12(13)8-11(2)19-14/h8,13H,5-7,9-10H2,1-4H3,(H,17,18)/t13-/m1/s1. The van der Waals surface area contributed by atoms with E-state index in [1.165, 1.54) is 5.56 Å². The lowest BCUT2D eigenvalue weighted by molar-refractivity contribution is -0.122. The van der Waals surface area contributed by atoms with Crippen molar-refractivity contribution < 1.29 is 9.21 Å². The van der Waals surface area contributed by atoms with Crippen molar-refractivity contribution >= 4 is 5.91 Å². The highest BCUT2D eigenvalue weighted by molar-refractivity contribution is 5.76. The van der Waals surface area contributed by atoms with E-state index in [4.69, 9.17) is 4.42 Å². The molecule has 3 heteroatoms. The van der Waals surface area contributed by atoms with Crippen LogP contribution < -0.4 is 5.32 Å². The Balaban J connectivity index is 2.13. The highest BCUT2D eigenvalue weighted by atomic mass is 16.3. The maximum atomic E-state index is 12.0. The average molecular weight is 263 g/mol. The second kappa shape index (κ2) is 5.40. The zero-order valence-corrected chi connectivity index (χ0v) is 12.5. The molecule has 1 aliphatic carbocycles. The summed E-state index contributed by atoms with van der Waals surface area (Å²) in [7, 11) is 0. The first-order chi connectivity index (χ1) is 8.91. The molecule has 1 aliphatic rings. The Kier molecular flexibility index (Phi) is 4.02. The Labute approximate surface area is 115 Å². The Bertz CT molecular complexity index is 459. The molecule has 1 N–H and O–H groups in total. The number of hydrogen-bond donors (Lipinski definition) is 1. The van der Waals surface area contributed by atoms with Gasteiger partial charge in [0.2, 0.25) is 5.91 Å². The van der Waals surface area contributed by atoms with Crippen LogP contribution >= 0.6 is 0 Å². The number of rotatable bonds is 4. The van der Waals surface area contributed by atoms with Crippen molar-refractivity contribution in [3.8, 4) is 0 Å². The first-order valence-corrected chi connectivity index (χ1v) is 7.30. The van der Waals surface area contributed by atoms with E-state index < -0.39 is 0 Å². The van der Waals surface area contributed by atoms with Gasteiger partial charge in [0.05, 0.1) is 6.04 Å². The third-order valence-corrected chi connectivity index (χ3v) is 3.83. The van der Waals surface area contributed by atoms with Gasteiger partial charge < -0.3 is 9.73 Å². The molecular weight excluding hydrogens is 238 g/mol. The van der Waals surface area contributed by atoms with Gasteiger partial charge >= 0.3 is 0 Å². The van der Waals surface area contributed by atoms with Crippen LogP contribution in [0.4, 0.5) is 0 Å². The predicted octanol–water partition coefficient (Wildman–Crippen LogP) is 3.91. The molecule has 1 aromatic rings. The molecule has 106 valence electrons. The quantitative estimate of drug-likeness (QED) is 0.895. The number of fused-ring (bicyclic) bond motifs is 1. The fraction of sp³-hybridized carbons (Fsp3) is 0.688. The fourth-order valence-corrected chi connectivity index (χ4v) is 2.92. The Hall–Kier alpha value is -1.25. The van der Waals surface area contributed by atoms with Crippen molar-refractivity contribution in [3.05, 3.63) is 23.2 Å². The second-order valence-corrected chi connectivity index (χ2v) is 6.50. The number of unbranched alkanes of at least 4 members (excludes halogenated alkanes) is 1. The molecule has 19 heavy (non-hydrogen) atoms. The van der Waals surface area contributed by atoms with Crippen LogP contribution in [0, 0.1) is 12.3 Å². The van der Waals surface area contributed by atoms with Crippen LogP contribution in [-0.4, -0.2) is 5.91 Å². The van der Waals surface area contributed by atoms with Crippen molar-refractivity contribution in [2.24, 2.45) is 5.41 Å². The molecule has 1 heterocycles. The minimum Gasteiger partial charge on any atom is -0.466 e. The van der Waals surface area contributed by atoms with Gasteiger partial charge in [-0.05, 0) is 31.2 Å². The molecule has 0 saturated heterocycles. The molecule has 0 fully saturated rings. The number of hydrogen-bond acceptors (Lipinski definition) is 2. The van der Waals surface area contributed by atoms with E-state index in [1.807, 2.05) is 6.92 Å². The number of nitrogens with one attached hydrogen (secondary N) is 1. The summed E-state index contributed by atoms with van der Waals surface area (Å²) in [5.41, 5.74) is 1.36. The molecule has 0 unspecified atom stereocenters. The summed E-state index contributed by atoms with van der Waals surface area (Å²) in [6.45, 7) is 8.55. The maximum absolute atomic E-state index is 12.0. The largest absolute Gasteiger partial charge is 0.466 e. The maximum Gasteiger partial charge on any atom is 0.220 e. The van der Waals surface area contributed by atoms with E-state index in [9.17, 15) is 4.79 Å². The van der Waals surface area contributed by atoms with Crippen molar-refractivity contribution in [1.29, 1.82) is 0 Å². The van der Waals surface area contributed by atoms with Crippen LogP contribution in [0.25, 0.3) is 0 Å². The van der Waals surface area contributed by atoms with Crippen molar-refractivity contribution in [3.63, 3.8) is 0 Å². The third kappa shape index (κ3) is 3.40. The number of carbonyl (C=O) groups is 1. The second-order valence-electron chi connectivity index (χ2n) is 6.50. The number of carbonyl (C=O) groups excluding carboxylic acids is 1. The molecule has 2 rings (SSSR count). The minimum absolute atomic E-state index is 0.112. The Morgan fingerprint density at radius 2 is 2.26 bits per heavy atom. The van der Waals surface area contributed by atoms with E-state index >= 15 is 0 Å². The monoisotopic (exact) mass is 263 g/mol. The normalized spacial score (nSPS) is 20.9. The van der Waals surface area contributed by atoms with Crippen LogP contribution in [0.1, 0.15) is 69.6 Å². The van der Waals surface area contributed by atoms with E-state index in [0.717, 1.165) is 37.2 Å². The zero-order chi connectivity index (χ0) is 14.0. The summed E-state index contributed by atoms with van der Waals surface area (Å²) < 4.78 is 5.78. The molecule has 3 nitrogen and oxygen atoms in total. The highest BCUT2D eigenvalue weighted by Crippen LogP contribution is 2.41. The first kappa shape index (κ1) is 14.2. The predicted molar refractivity (Wildman–Crippen MR) is 76.0 cm³/mol. The Morgan fingerprint density at radius 3 is 2.95 bits per heavy atom. The van der Waals surface area contributed by atoms with Crippen LogP contribution in [0.2, 0.25) is 0 Å². The van der Waals surface area contributed by atoms with Gasteiger partial charge in [0, 0.05) is 18.4 Å². The molecule has 0 aliphatic heterocycles. The van der Waals surface area contributed by atoms with E-state index in [2.05, 4.69) is 32.2 Å². The summed E-state index contributed by atoms with van der Waals surface area (Å²) in [6.07, 6.45) is 4.58. The first-order valence-electron chi connectivity index (χ1n) is 7.30. The lowest BCUT2D eigenvalue weighted by atomic mass is 9.74. The van der Waals surface area contributed by atoms with Crippen LogP contribution in [0.3, 0.4) is 0 Å². The summed E-state index contributed by atoms with van der Waals surface area (Å²) in [5, 5.41) is 3.18. The third-order valence-electron chi connectivity index (χ3n) is 3.83. The Morgan fingerprint density at radius 1 is 1.53 bits per heavy atom. The van der Waals surface area contributed by atoms with Gasteiger partial charge in [-0.15, -0.1) is 0 Å². The van der Waals surface area contributed by atoms with Gasteiger partial charge in [-0.2, -0.15) is 0 Å². The SMILES string of the molecule is CCCCC(=O)N[C@@H]1CC(C)(C)Cc2oc(C)cc21. The van der Waals surface area contributed by atoms with Gasteiger partial charge in [0.15, 0.2) is 0 Å². The highest BCUT2D eigenvalue weighted by Gasteiger charge is 2.35. The minimum atomic E-state index is 0.112. The lowest BCUT2D eigenvalue weighted by Gasteiger charge is -2.34. The van der Waals surface area contributed by atoms with Gasteiger partial charge in [-0.1, -0.05) is 27.2 Å². The molecular formula is C16H25NO2. The molecule has 0 saturated carbocycles. The van der Waals surface area contributed by atoms with Crippen LogP contribution in [0.5, 0.6) is 0 Å². The van der Waals surface area contributed by atoms with E-state index in [0.29, 0.717) is 6.42 Å². The van der Waals surface area contributed by atoms with E-state index in [1.54, 1.807) is 0 Å². The summed E-state index contributed by atoms with van der Waals surface area (Å²) >= 11 is 0. The molecule has 0 bridgehead atoms. The zero-order valence-electron chi connectivity index (χ0n) is 12.5. The van der Waals surface area contributed by atoms with Crippen LogP contribution in [0.15, 0.2) is 10.5 Å². The van der Waals surface area contributed by atoms with Gasteiger partial charge in [0.25, 0.3) is 0 Å². The summed E-state index contributed by atoms with van der Waals surface area (Å²) in [6, 6.07) is 2.19.